The Bertz CT molecular complexity index is 1320. The highest BCUT2D eigenvalue weighted by Crippen LogP contribution is 2.22. The van der Waals surface area contributed by atoms with E-state index in [1.165, 1.54) is 4.57 Å². The molecule has 0 radical (unpaired) electrons. The molecule has 0 atom stereocenters. The SMILES string of the molecule is N#Cc1cccnc1/C=C/c1nc2ccccc2c(=O)n1-c1ccccc1Cl. The highest BCUT2D eigenvalue weighted by atomic mass is 35.5. The molecule has 0 spiro atoms. The molecule has 4 aromatic rings. The molecule has 0 unspecified atom stereocenters. The van der Waals surface area contributed by atoms with Gasteiger partial charge < -0.3 is 0 Å². The number of pyridine rings is 1. The van der Waals surface area contributed by atoms with Gasteiger partial charge in [0.15, 0.2) is 0 Å². The molecule has 0 saturated heterocycles. The first-order chi connectivity index (χ1) is 13.7. The quantitative estimate of drug-likeness (QED) is 0.522. The van der Waals surface area contributed by atoms with Crippen LogP contribution in [0.15, 0.2) is 71.7 Å². The molecule has 0 aliphatic carbocycles. The number of nitrogens with zero attached hydrogens (tertiary/aromatic N) is 4. The van der Waals surface area contributed by atoms with Crippen LogP contribution in [0.1, 0.15) is 17.1 Å². The molecule has 2 aromatic heterocycles. The zero-order valence-corrected chi connectivity index (χ0v) is 15.3. The van der Waals surface area contributed by atoms with E-state index in [-0.39, 0.29) is 5.56 Å². The average molecular weight is 385 g/mol. The lowest BCUT2D eigenvalue weighted by atomic mass is 10.2. The number of halogens is 1. The first kappa shape index (κ1) is 17.7. The van der Waals surface area contributed by atoms with E-state index in [2.05, 4.69) is 16.0 Å². The van der Waals surface area contributed by atoms with Gasteiger partial charge in [-0.25, -0.2) is 4.98 Å². The Morgan fingerprint density at radius 2 is 1.79 bits per heavy atom. The standard InChI is InChI=1S/C22H13ClN4O/c23-17-8-2-4-10-20(17)27-21(12-11-18-15(14-24)6-5-13-25-18)26-19-9-3-1-7-16(19)22(27)28/h1-13H/b12-11+. The second-order valence-electron chi connectivity index (χ2n) is 5.96. The molecule has 0 aliphatic heterocycles. The number of para-hydroxylation sites is 2. The molecule has 0 amide bonds. The van der Waals surface area contributed by atoms with Crippen LogP contribution in [0.5, 0.6) is 0 Å². The first-order valence-electron chi connectivity index (χ1n) is 8.49. The van der Waals surface area contributed by atoms with Crippen molar-refractivity contribution in [2.45, 2.75) is 0 Å². The van der Waals surface area contributed by atoms with Gasteiger partial charge in [0.1, 0.15) is 11.9 Å². The summed E-state index contributed by atoms with van der Waals surface area (Å²) in [5.41, 5.74) is 1.83. The molecule has 134 valence electrons. The van der Waals surface area contributed by atoms with Crippen LogP contribution in [0.4, 0.5) is 0 Å². The van der Waals surface area contributed by atoms with Gasteiger partial charge >= 0.3 is 0 Å². The maximum Gasteiger partial charge on any atom is 0.266 e. The fourth-order valence-electron chi connectivity index (χ4n) is 2.93. The van der Waals surface area contributed by atoms with E-state index >= 15 is 0 Å². The summed E-state index contributed by atoms with van der Waals surface area (Å²) < 4.78 is 1.47. The number of hydrogen-bond donors (Lipinski definition) is 0. The summed E-state index contributed by atoms with van der Waals surface area (Å²) >= 11 is 6.35. The van der Waals surface area contributed by atoms with Crippen LogP contribution >= 0.6 is 11.6 Å². The Hall–Kier alpha value is -3.75. The summed E-state index contributed by atoms with van der Waals surface area (Å²) in [5.74, 6) is 0.395. The first-order valence-corrected chi connectivity index (χ1v) is 8.87. The molecule has 0 bridgehead atoms. The average Bonchev–Trinajstić information content (AvgIpc) is 2.73. The zero-order chi connectivity index (χ0) is 19.5. The van der Waals surface area contributed by atoms with Crippen LogP contribution in [0.3, 0.4) is 0 Å². The third-order valence-electron chi connectivity index (χ3n) is 4.24. The molecule has 4 rings (SSSR count). The summed E-state index contributed by atoms with van der Waals surface area (Å²) in [5, 5.41) is 10.2. The molecule has 0 N–H and O–H groups in total. The van der Waals surface area contributed by atoms with Crippen LogP contribution in [0, 0.1) is 11.3 Å². The number of nitriles is 1. The van der Waals surface area contributed by atoms with Gasteiger partial charge in [0, 0.05) is 6.20 Å². The molecule has 0 saturated carbocycles. The van der Waals surface area contributed by atoms with Crippen LogP contribution < -0.4 is 5.56 Å². The maximum atomic E-state index is 13.2. The van der Waals surface area contributed by atoms with Crippen molar-refractivity contribution in [3.63, 3.8) is 0 Å². The lowest BCUT2D eigenvalue weighted by Gasteiger charge is -2.12. The highest BCUT2D eigenvalue weighted by molar-refractivity contribution is 6.32. The Balaban J connectivity index is 1.98. The summed E-state index contributed by atoms with van der Waals surface area (Å²) in [6.07, 6.45) is 4.94. The van der Waals surface area contributed by atoms with Crippen molar-refractivity contribution in [2.75, 3.05) is 0 Å². The molecule has 5 nitrogen and oxygen atoms in total. The van der Waals surface area contributed by atoms with Crippen molar-refractivity contribution in [2.24, 2.45) is 0 Å². The predicted molar refractivity (Wildman–Crippen MR) is 110 cm³/mol. The van der Waals surface area contributed by atoms with E-state index in [1.807, 2.05) is 12.1 Å². The minimum Gasteiger partial charge on any atom is -0.268 e. The van der Waals surface area contributed by atoms with Gasteiger partial charge in [-0.05, 0) is 48.6 Å². The van der Waals surface area contributed by atoms with E-state index in [1.54, 1.807) is 66.9 Å². The molecular formula is C22H13ClN4O. The topological polar surface area (TPSA) is 71.6 Å². The molecule has 28 heavy (non-hydrogen) atoms. The number of aromatic nitrogens is 3. The van der Waals surface area contributed by atoms with Crippen molar-refractivity contribution in [1.29, 1.82) is 5.26 Å². The van der Waals surface area contributed by atoms with Crippen molar-refractivity contribution >= 4 is 34.7 Å². The Morgan fingerprint density at radius 3 is 2.61 bits per heavy atom. The van der Waals surface area contributed by atoms with Gasteiger partial charge in [0.05, 0.1) is 32.9 Å². The number of rotatable bonds is 3. The van der Waals surface area contributed by atoms with Crippen molar-refractivity contribution in [3.05, 3.63) is 99.3 Å². The largest absolute Gasteiger partial charge is 0.268 e. The van der Waals surface area contributed by atoms with Gasteiger partial charge in [0.2, 0.25) is 0 Å². The molecule has 0 aliphatic rings. The van der Waals surface area contributed by atoms with Crippen molar-refractivity contribution < 1.29 is 0 Å². The van der Waals surface area contributed by atoms with Gasteiger partial charge in [0.25, 0.3) is 5.56 Å². The second kappa shape index (κ2) is 7.47. The van der Waals surface area contributed by atoms with Crippen molar-refractivity contribution in [3.8, 4) is 11.8 Å². The predicted octanol–water partition coefficient (Wildman–Crippen LogP) is 4.48. The van der Waals surface area contributed by atoms with Gasteiger partial charge in [-0.1, -0.05) is 35.9 Å². The van der Waals surface area contributed by atoms with Gasteiger partial charge in [-0.15, -0.1) is 0 Å². The second-order valence-corrected chi connectivity index (χ2v) is 6.37. The third kappa shape index (κ3) is 3.18. The minimum atomic E-state index is -0.222. The van der Waals surface area contributed by atoms with Crippen LogP contribution in [0.2, 0.25) is 5.02 Å². The summed E-state index contributed by atoms with van der Waals surface area (Å²) in [6.45, 7) is 0. The van der Waals surface area contributed by atoms with Crippen molar-refractivity contribution in [1.82, 2.24) is 14.5 Å². The van der Waals surface area contributed by atoms with E-state index in [0.717, 1.165) is 0 Å². The summed E-state index contributed by atoms with van der Waals surface area (Å²) in [6, 6.07) is 19.7. The molecule has 2 heterocycles. The highest BCUT2D eigenvalue weighted by Gasteiger charge is 2.13. The minimum absolute atomic E-state index is 0.222. The summed E-state index contributed by atoms with van der Waals surface area (Å²) in [4.78, 5) is 22.0. The van der Waals surface area contributed by atoms with Crippen LogP contribution in [-0.4, -0.2) is 14.5 Å². The lowest BCUT2D eigenvalue weighted by molar-refractivity contribution is 0.944. The fraction of sp³-hybridized carbons (Fsp3) is 0. The summed E-state index contributed by atoms with van der Waals surface area (Å²) in [7, 11) is 0. The van der Waals surface area contributed by atoms with E-state index in [4.69, 9.17) is 11.6 Å². The third-order valence-corrected chi connectivity index (χ3v) is 4.56. The van der Waals surface area contributed by atoms with E-state index < -0.39 is 0 Å². The number of hydrogen-bond acceptors (Lipinski definition) is 4. The number of fused-ring (bicyclic) bond motifs is 1. The molecular weight excluding hydrogens is 372 g/mol. The molecule has 0 fully saturated rings. The molecule has 2 aromatic carbocycles. The zero-order valence-electron chi connectivity index (χ0n) is 14.6. The van der Waals surface area contributed by atoms with E-state index in [9.17, 15) is 10.1 Å². The smallest absolute Gasteiger partial charge is 0.266 e. The number of benzene rings is 2. The normalized spacial score (nSPS) is 11.0. The van der Waals surface area contributed by atoms with Crippen LogP contribution in [0.25, 0.3) is 28.7 Å². The van der Waals surface area contributed by atoms with Crippen LogP contribution in [-0.2, 0) is 0 Å². The van der Waals surface area contributed by atoms with Gasteiger partial charge in [-0.3, -0.25) is 14.3 Å². The monoisotopic (exact) mass is 384 g/mol. The molecule has 6 heteroatoms. The Labute approximate surface area is 165 Å². The van der Waals surface area contributed by atoms with E-state index in [0.29, 0.717) is 38.7 Å². The maximum absolute atomic E-state index is 13.2. The fourth-order valence-corrected chi connectivity index (χ4v) is 3.15. The van der Waals surface area contributed by atoms with Gasteiger partial charge in [-0.2, -0.15) is 5.26 Å². The Kier molecular flexibility index (Phi) is 4.71. The Morgan fingerprint density at radius 1 is 1.00 bits per heavy atom. The lowest BCUT2D eigenvalue weighted by Crippen LogP contribution is -2.22.